The van der Waals surface area contributed by atoms with E-state index in [0.717, 1.165) is 5.57 Å². The van der Waals surface area contributed by atoms with Gasteiger partial charge in [-0.25, -0.2) is 0 Å². The molecule has 0 spiro atoms. The zero-order valence-corrected chi connectivity index (χ0v) is 19.5. The third-order valence-corrected chi connectivity index (χ3v) is 7.63. The van der Waals surface area contributed by atoms with E-state index < -0.39 is 17.8 Å². The summed E-state index contributed by atoms with van der Waals surface area (Å²) in [7, 11) is 1.49. The van der Waals surface area contributed by atoms with E-state index in [1.165, 1.54) is 30.2 Å². The first kappa shape index (κ1) is 22.3. The minimum Gasteiger partial charge on any atom is -0.508 e. The van der Waals surface area contributed by atoms with Crippen molar-refractivity contribution in [3.05, 3.63) is 58.2 Å². The maximum Gasteiger partial charge on any atom is 0.233 e. The Hall–Kier alpha value is -3.48. The zero-order chi connectivity index (χ0) is 24.3. The standard InChI is InChI=1S/C27H27NO6/c1-4-9-28-26(32)17-8-7-15-18(23(17)27(28)33)12-19-20(30)10-13(2)25(31)24(19)22(15)16-6-5-14(29)11-21(16)34-3/h5-7,10-11,17-18,22-23,29H,4,8-9,12H2,1-3H3/t17-,18+,22+,23-/m0/s1. The predicted molar refractivity (Wildman–Crippen MR) is 123 cm³/mol. The lowest BCUT2D eigenvalue weighted by Gasteiger charge is -2.42. The molecule has 1 aliphatic heterocycles. The van der Waals surface area contributed by atoms with Gasteiger partial charge in [0.2, 0.25) is 11.8 Å². The number of aromatic hydroxyl groups is 1. The Labute approximate surface area is 197 Å². The second-order valence-corrected chi connectivity index (χ2v) is 9.48. The summed E-state index contributed by atoms with van der Waals surface area (Å²) in [6, 6.07) is 4.71. The fourth-order valence-electron chi connectivity index (χ4n) is 6.16. The summed E-state index contributed by atoms with van der Waals surface area (Å²) in [5.74, 6) is -2.27. The molecular formula is C27H27NO6. The Bertz CT molecular complexity index is 1240. The smallest absolute Gasteiger partial charge is 0.233 e. The number of ketones is 2. The van der Waals surface area contributed by atoms with Gasteiger partial charge in [0.15, 0.2) is 11.6 Å². The molecule has 34 heavy (non-hydrogen) atoms. The maximum absolute atomic E-state index is 13.4. The number of likely N-dealkylation sites (tertiary alicyclic amines) is 1. The molecule has 176 valence electrons. The van der Waals surface area contributed by atoms with Crippen LogP contribution < -0.4 is 4.74 Å². The van der Waals surface area contributed by atoms with E-state index >= 15 is 0 Å². The number of methoxy groups -OCH3 is 1. The summed E-state index contributed by atoms with van der Waals surface area (Å²) in [6.45, 7) is 3.95. The number of ether oxygens (including phenoxy) is 1. The van der Waals surface area contributed by atoms with Gasteiger partial charge in [0.05, 0.1) is 18.9 Å². The molecule has 1 N–H and O–H groups in total. The molecule has 4 atom stereocenters. The molecule has 5 rings (SSSR count). The van der Waals surface area contributed by atoms with E-state index in [9.17, 15) is 24.3 Å². The lowest BCUT2D eigenvalue weighted by Crippen LogP contribution is -2.40. The highest BCUT2D eigenvalue weighted by atomic mass is 16.5. The van der Waals surface area contributed by atoms with Crippen molar-refractivity contribution in [2.45, 2.75) is 39.0 Å². The van der Waals surface area contributed by atoms with Crippen molar-refractivity contribution in [2.24, 2.45) is 17.8 Å². The van der Waals surface area contributed by atoms with Gasteiger partial charge in [-0.05, 0) is 44.2 Å². The van der Waals surface area contributed by atoms with Gasteiger partial charge in [-0.2, -0.15) is 0 Å². The minimum atomic E-state index is -0.589. The molecule has 1 saturated heterocycles. The molecular weight excluding hydrogens is 434 g/mol. The molecule has 0 bridgehead atoms. The third-order valence-electron chi connectivity index (χ3n) is 7.63. The number of benzene rings is 1. The van der Waals surface area contributed by atoms with Gasteiger partial charge < -0.3 is 9.84 Å². The molecule has 0 radical (unpaired) electrons. The van der Waals surface area contributed by atoms with E-state index in [-0.39, 0.29) is 41.5 Å². The van der Waals surface area contributed by atoms with Crippen LogP contribution in [0.1, 0.15) is 44.6 Å². The van der Waals surface area contributed by atoms with E-state index in [1.807, 2.05) is 13.0 Å². The van der Waals surface area contributed by atoms with Crippen LogP contribution in [0.5, 0.6) is 11.5 Å². The van der Waals surface area contributed by atoms with Gasteiger partial charge in [0.1, 0.15) is 11.5 Å². The first-order valence-electron chi connectivity index (χ1n) is 11.7. The van der Waals surface area contributed by atoms with Gasteiger partial charge in [0.25, 0.3) is 0 Å². The number of phenolic OH excluding ortho intramolecular Hbond substituents is 1. The quantitative estimate of drug-likeness (QED) is 0.420. The van der Waals surface area contributed by atoms with Crippen LogP contribution in [0.15, 0.2) is 52.6 Å². The van der Waals surface area contributed by atoms with Crippen LogP contribution in [0.25, 0.3) is 0 Å². The topological polar surface area (TPSA) is 101 Å². The SMILES string of the molecule is CCCN1C(=O)[C@H]2[C@H](CC=C3[C@H](c4ccc(O)cc4OC)C4=C(C[C@H]32)C(=O)C=C(C)C4=O)C1=O. The normalized spacial score (nSPS) is 28.4. The van der Waals surface area contributed by atoms with Crippen molar-refractivity contribution in [2.75, 3.05) is 13.7 Å². The molecule has 1 aromatic rings. The van der Waals surface area contributed by atoms with Gasteiger partial charge in [-0.1, -0.05) is 24.6 Å². The summed E-state index contributed by atoms with van der Waals surface area (Å²) in [5, 5.41) is 10.0. The summed E-state index contributed by atoms with van der Waals surface area (Å²) < 4.78 is 5.55. The van der Waals surface area contributed by atoms with Crippen molar-refractivity contribution >= 4 is 23.4 Å². The van der Waals surface area contributed by atoms with Gasteiger partial charge in [0, 0.05) is 40.8 Å². The van der Waals surface area contributed by atoms with Crippen molar-refractivity contribution in [3.8, 4) is 11.5 Å². The van der Waals surface area contributed by atoms with Crippen LogP contribution in [0, 0.1) is 17.8 Å². The molecule has 7 nitrogen and oxygen atoms in total. The summed E-state index contributed by atoms with van der Waals surface area (Å²) in [6.07, 6.45) is 4.71. The molecule has 2 amide bonds. The lowest BCUT2D eigenvalue weighted by molar-refractivity contribution is -0.140. The van der Waals surface area contributed by atoms with Crippen LogP contribution >= 0.6 is 0 Å². The monoisotopic (exact) mass is 461 g/mol. The van der Waals surface area contributed by atoms with Crippen LogP contribution in [0.3, 0.4) is 0 Å². The number of allylic oxidation sites excluding steroid dienone is 6. The van der Waals surface area contributed by atoms with Crippen LogP contribution in [-0.2, 0) is 19.2 Å². The molecule has 1 aromatic carbocycles. The van der Waals surface area contributed by atoms with Crippen LogP contribution in [-0.4, -0.2) is 47.0 Å². The largest absolute Gasteiger partial charge is 0.508 e. The predicted octanol–water partition coefficient (Wildman–Crippen LogP) is 3.24. The highest BCUT2D eigenvalue weighted by Crippen LogP contribution is 2.56. The summed E-state index contributed by atoms with van der Waals surface area (Å²) >= 11 is 0. The second-order valence-electron chi connectivity index (χ2n) is 9.48. The minimum absolute atomic E-state index is 0.0220. The number of nitrogens with zero attached hydrogens (tertiary/aromatic N) is 1. The number of imide groups is 1. The van der Waals surface area contributed by atoms with Gasteiger partial charge in [-0.3, -0.25) is 24.1 Å². The third kappa shape index (κ3) is 3.10. The number of fused-ring (bicyclic) bond motifs is 3. The number of Topliss-reactive ketones (excluding diaryl/α,β-unsaturated/α-hetero) is 1. The molecule has 1 heterocycles. The molecule has 1 fully saturated rings. The van der Waals surface area contributed by atoms with Crippen molar-refractivity contribution < 1.29 is 29.0 Å². The first-order valence-corrected chi connectivity index (χ1v) is 11.7. The maximum atomic E-state index is 13.4. The summed E-state index contributed by atoms with van der Waals surface area (Å²) in [4.78, 5) is 54.3. The number of amides is 2. The van der Waals surface area contributed by atoms with E-state index in [4.69, 9.17) is 4.74 Å². The highest BCUT2D eigenvalue weighted by molar-refractivity contribution is 6.24. The molecule has 0 saturated carbocycles. The molecule has 0 aromatic heterocycles. The fraction of sp³-hybridized carbons (Fsp3) is 0.407. The van der Waals surface area contributed by atoms with Crippen molar-refractivity contribution in [3.63, 3.8) is 0 Å². The molecule has 3 aliphatic carbocycles. The Kier molecular flexibility index (Phi) is 5.30. The average Bonchev–Trinajstić information content (AvgIpc) is 3.06. The van der Waals surface area contributed by atoms with Gasteiger partial charge in [-0.15, -0.1) is 0 Å². The number of hydrogen-bond donors (Lipinski definition) is 1. The van der Waals surface area contributed by atoms with E-state index in [1.54, 1.807) is 13.0 Å². The van der Waals surface area contributed by atoms with Crippen LogP contribution in [0.2, 0.25) is 0 Å². The number of carbonyl (C=O) groups excluding carboxylic acids is 4. The number of carbonyl (C=O) groups is 4. The lowest BCUT2D eigenvalue weighted by atomic mass is 9.59. The van der Waals surface area contributed by atoms with Crippen LogP contribution in [0.4, 0.5) is 0 Å². The molecule has 7 heteroatoms. The Morgan fingerprint density at radius 2 is 1.88 bits per heavy atom. The Morgan fingerprint density at radius 1 is 1.12 bits per heavy atom. The van der Waals surface area contributed by atoms with Gasteiger partial charge >= 0.3 is 0 Å². The van der Waals surface area contributed by atoms with Crippen molar-refractivity contribution in [1.82, 2.24) is 4.90 Å². The zero-order valence-electron chi connectivity index (χ0n) is 19.5. The Balaban J connectivity index is 1.70. The fourth-order valence-corrected chi connectivity index (χ4v) is 6.16. The van der Waals surface area contributed by atoms with Crippen molar-refractivity contribution in [1.29, 1.82) is 0 Å². The Morgan fingerprint density at radius 3 is 2.59 bits per heavy atom. The average molecular weight is 462 g/mol. The molecule has 0 unspecified atom stereocenters. The molecule has 4 aliphatic rings. The number of hydrogen-bond acceptors (Lipinski definition) is 6. The first-order chi connectivity index (χ1) is 16.3. The number of phenols is 1. The van der Waals surface area contributed by atoms with E-state index in [0.29, 0.717) is 47.4 Å². The second kappa shape index (κ2) is 8.08. The van der Waals surface area contributed by atoms with E-state index in [2.05, 4.69) is 0 Å². The number of rotatable bonds is 4. The summed E-state index contributed by atoms with van der Waals surface area (Å²) in [5.41, 5.74) is 2.73. The highest BCUT2D eigenvalue weighted by Gasteiger charge is 2.56.